The third kappa shape index (κ3) is 3.60. The van der Waals surface area contributed by atoms with Crippen LogP contribution in [0.25, 0.3) is 0 Å². The Kier molecular flexibility index (Phi) is 5.60. The molecule has 1 atom stereocenters. The van der Waals surface area contributed by atoms with Crippen LogP contribution in [0.4, 0.5) is 0 Å². The van der Waals surface area contributed by atoms with Gasteiger partial charge in [0.1, 0.15) is 5.76 Å². The lowest BCUT2D eigenvalue weighted by Crippen LogP contribution is -2.44. The molecule has 19 heavy (non-hydrogen) atoms. The highest BCUT2D eigenvalue weighted by atomic mass is 16.5. The van der Waals surface area contributed by atoms with E-state index in [-0.39, 0.29) is 17.3 Å². The van der Waals surface area contributed by atoms with Gasteiger partial charge in [0.25, 0.3) is 0 Å². The zero-order chi connectivity index (χ0) is 14.5. The molecule has 1 rings (SSSR count). The molecule has 1 unspecified atom stereocenters. The van der Waals surface area contributed by atoms with Gasteiger partial charge in [0.05, 0.1) is 13.2 Å². The van der Waals surface area contributed by atoms with Crippen molar-refractivity contribution in [2.24, 2.45) is 0 Å². The van der Waals surface area contributed by atoms with Crippen LogP contribution in [0, 0.1) is 0 Å². The molecule has 0 aliphatic rings. The lowest BCUT2D eigenvalue weighted by atomic mass is 9.89. The highest BCUT2D eigenvalue weighted by molar-refractivity contribution is 5.86. The van der Waals surface area contributed by atoms with Crippen molar-refractivity contribution in [3.8, 4) is 0 Å². The van der Waals surface area contributed by atoms with Crippen LogP contribution in [0.15, 0.2) is 16.5 Å². The summed E-state index contributed by atoms with van der Waals surface area (Å²) in [5.74, 6) is 0.576. The maximum absolute atomic E-state index is 11.4. The molecule has 0 aliphatic carbocycles. The minimum absolute atomic E-state index is 0.0678. The zero-order valence-electron chi connectivity index (χ0n) is 12.6. The fourth-order valence-electron chi connectivity index (χ4n) is 2.38. The molecule has 108 valence electrons. The number of rotatable bonds is 7. The van der Waals surface area contributed by atoms with Gasteiger partial charge in [-0.1, -0.05) is 20.8 Å². The molecule has 0 spiro atoms. The van der Waals surface area contributed by atoms with E-state index >= 15 is 0 Å². The second-order valence-corrected chi connectivity index (χ2v) is 4.90. The van der Waals surface area contributed by atoms with Crippen LogP contribution in [0.3, 0.4) is 0 Å². The number of hydrogen-bond acceptors (Lipinski definition) is 4. The van der Waals surface area contributed by atoms with Crippen LogP contribution in [0.1, 0.15) is 69.3 Å². The number of methoxy groups -OCH3 is 1. The summed E-state index contributed by atoms with van der Waals surface area (Å²) in [7, 11) is 1.35. The maximum atomic E-state index is 11.4. The van der Waals surface area contributed by atoms with Crippen LogP contribution in [0.2, 0.25) is 0 Å². The number of furan rings is 1. The first-order chi connectivity index (χ1) is 9.01. The fourth-order valence-corrected chi connectivity index (χ4v) is 2.38. The van der Waals surface area contributed by atoms with Crippen molar-refractivity contribution in [3.05, 3.63) is 23.7 Å². The van der Waals surface area contributed by atoms with E-state index in [1.54, 1.807) is 6.07 Å². The molecular weight excluding hydrogens is 242 g/mol. The van der Waals surface area contributed by atoms with Gasteiger partial charge < -0.3 is 14.5 Å². The molecule has 0 saturated carbocycles. The minimum atomic E-state index is -0.439. The summed E-state index contributed by atoms with van der Waals surface area (Å²) in [6, 6.07) is 3.55. The Morgan fingerprint density at radius 3 is 2.37 bits per heavy atom. The Balaban J connectivity index is 2.80. The predicted octanol–water partition coefficient (Wildman–Crippen LogP) is 3.69. The lowest BCUT2D eigenvalue weighted by molar-refractivity contribution is 0.0561. The molecule has 0 radical (unpaired) electrons. The van der Waals surface area contributed by atoms with Crippen LogP contribution >= 0.6 is 0 Å². The molecule has 4 heteroatoms. The van der Waals surface area contributed by atoms with E-state index in [1.807, 2.05) is 6.07 Å². The van der Waals surface area contributed by atoms with Gasteiger partial charge in [-0.05, 0) is 38.3 Å². The normalized spacial score (nSPS) is 13.3. The van der Waals surface area contributed by atoms with Gasteiger partial charge >= 0.3 is 5.97 Å². The van der Waals surface area contributed by atoms with Gasteiger partial charge in [0.2, 0.25) is 5.76 Å². The van der Waals surface area contributed by atoms with Crippen molar-refractivity contribution in [3.63, 3.8) is 0 Å². The molecule has 0 aromatic carbocycles. The van der Waals surface area contributed by atoms with Crippen LogP contribution in [-0.2, 0) is 4.74 Å². The minimum Gasteiger partial charge on any atom is -0.463 e. The third-order valence-electron chi connectivity index (χ3n) is 3.99. The predicted molar refractivity (Wildman–Crippen MR) is 75.2 cm³/mol. The molecule has 0 aliphatic heterocycles. The Labute approximate surface area is 115 Å². The summed E-state index contributed by atoms with van der Waals surface area (Å²) in [4.78, 5) is 11.4. The average Bonchev–Trinajstić information content (AvgIpc) is 2.93. The molecule has 1 aromatic heterocycles. The number of esters is 1. The van der Waals surface area contributed by atoms with E-state index in [1.165, 1.54) is 7.11 Å². The number of hydrogen-bond donors (Lipinski definition) is 1. The first kappa shape index (κ1) is 15.8. The zero-order valence-corrected chi connectivity index (χ0v) is 12.6. The Bertz CT molecular complexity index is 399. The largest absolute Gasteiger partial charge is 0.463 e. The summed E-state index contributed by atoms with van der Waals surface area (Å²) in [5.41, 5.74) is 0.123. The number of carbonyl (C=O) groups is 1. The lowest BCUT2D eigenvalue weighted by Gasteiger charge is -2.34. The summed E-state index contributed by atoms with van der Waals surface area (Å²) < 4.78 is 10.2. The standard InChI is InChI=1S/C15H25NO3/c1-6-15(7-2,8-3)16-11(4)12-9-10-13(19-12)14(17)18-5/h9-11,16H,6-8H2,1-5H3. The maximum Gasteiger partial charge on any atom is 0.373 e. The van der Waals surface area contributed by atoms with Gasteiger partial charge in [-0.15, -0.1) is 0 Å². The highest BCUT2D eigenvalue weighted by Gasteiger charge is 2.27. The Morgan fingerprint density at radius 1 is 1.32 bits per heavy atom. The topological polar surface area (TPSA) is 51.5 Å². The average molecular weight is 267 g/mol. The molecule has 0 bridgehead atoms. The highest BCUT2D eigenvalue weighted by Crippen LogP contribution is 2.25. The van der Waals surface area contributed by atoms with Crippen molar-refractivity contribution < 1.29 is 13.9 Å². The number of ether oxygens (including phenoxy) is 1. The van der Waals surface area contributed by atoms with E-state index in [9.17, 15) is 4.79 Å². The summed E-state index contributed by atoms with van der Waals surface area (Å²) in [6.07, 6.45) is 3.19. The summed E-state index contributed by atoms with van der Waals surface area (Å²) in [5, 5.41) is 3.62. The molecule has 1 N–H and O–H groups in total. The molecule has 0 fully saturated rings. The summed E-state index contributed by atoms with van der Waals surface area (Å²) in [6.45, 7) is 8.62. The van der Waals surface area contributed by atoms with Crippen molar-refractivity contribution in [2.45, 2.75) is 58.5 Å². The van der Waals surface area contributed by atoms with E-state index in [4.69, 9.17) is 4.42 Å². The van der Waals surface area contributed by atoms with Crippen LogP contribution in [-0.4, -0.2) is 18.6 Å². The van der Waals surface area contributed by atoms with E-state index < -0.39 is 5.97 Å². The van der Waals surface area contributed by atoms with Gasteiger partial charge in [0.15, 0.2) is 0 Å². The molecule has 0 saturated heterocycles. The number of nitrogens with one attached hydrogen (secondary N) is 1. The second-order valence-electron chi connectivity index (χ2n) is 4.90. The monoisotopic (exact) mass is 267 g/mol. The third-order valence-corrected chi connectivity index (χ3v) is 3.99. The van der Waals surface area contributed by atoms with Crippen molar-refractivity contribution in [2.75, 3.05) is 7.11 Å². The van der Waals surface area contributed by atoms with Gasteiger partial charge in [-0.2, -0.15) is 0 Å². The Morgan fingerprint density at radius 2 is 1.89 bits per heavy atom. The fraction of sp³-hybridized carbons (Fsp3) is 0.667. The van der Waals surface area contributed by atoms with Crippen LogP contribution < -0.4 is 5.32 Å². The van der Waals surface area contributed by atoms with Crippen molar-refractivity contribution in [1.29, 1.82) is 0 Å². The SMILES string of the molecule is CCC(CC)(CC)NC(C)c1ccc(C(=O)OC)o1. The van der Waals surface area contributed by atoms with E-state index in [2.05, 4.69) is 37.7 Å². The number of carbonyl (C=O) groups excluding carboxylic acids is 1. The molecular formula is C15H25NO3. The van der Waals surface area contributed by atoms with Crippen LogP contribution in [0.5, 0.6) is 0 Å². The smallest absolute Gasteiger partial charge is 0.373 e. The van der Waals surface area contributed by atoms with E-state index in [0.29, 0.717) is 0 Å². The first-order valence-electron chi connectivity index (χ1n) is 6.97. The van der Waals surface area contributed by atoms with Gasteiger partial charge in [0, 0.05) is 5.54 Å². The van der Waals surface area contributed by atoms with Crippen molar-refractivity contribution >= 4 is 5.97 Å². The van der Waals surface area contributed by atoms with Gasteiger partial charge in [-0.3, -0.25) is 0 Å². The summed E-state index contributed by atoms with van der Waals surface area (Å²) >= 11 is 0. The molecule has 4 nitrogen and oxygen atoms in total. The molecule has 1 heterocycles. The Hall–Kier alpha value is -1.29. The molecule has 0 amide bonds. The van der Waals surface area contributed by atoms with Gasteiger partial charge in [-0.25, -0.2) is 4.79 Å². The first-order valence-corrected chi connectivity index (χ1v) is 6.97. The molecule has 1 aromatic rings. The quantitative estimate of drug-likeness (QED) is 0.766. The van der Waals surface area contributed by atoms with E-state index in [0.717, 1.165) is 25.0 Å². The van der Waals surface area contributed by atoms with Crippen molar-refractivity contribution in [1.82, 2.24) is 5.32 Å². The second kappa shape index (κ2) is 6.75.